The maximum absolute atomic E-state index is 13.8. The number of nitrogens with zero attached hydrogens (tertiary/aromatic N) is 4. The summed E-state index contributed by atoms with van der Waals surface area (Å²) >= 11 is 0. The van der Waals surface area contributed by atoms with Crippen LogP contribution in [0.2, 0.25) is 0 Å². The Morgan fingerprint density at radius 1 is 0.345 bits per heavy atom. The van der Waals surface area contributed by atoms with E-state index in [1.807, 2.05) is 76.4 Å². The zero-order valence-electron chi connectivity index (χ0n) is 64.5. The van der Waals surface area contributed by atoms with Gasteiger partial charge in [-0.05, 0) is 295 Å². The number of β-amino-alcohol motifs (C(OH)–C–C–N with tert-alkyl or cyclic N) is 2. The van der Waals surface area contributed by atoms with Crippen molar-refractivity contribution in [1.82, 2.24) is 19.6 Å². The van der Waals surface area contributed by atoms with Crippen LogP contribution in [0.1, 0.15) is 237 Å². The second-order valence-electron chi connectivity index (χ2n) is 37.7. The maximum Gasteiger partial charge on any atom is 0.223 e. The molecule has 616 valence electrons. The largest absolute Gasteiger partial charge is 0.391 e. The Morgan fingerprint density at radius 2 is 0.673 bits per heavy atom. The standard InChI is InChI=1S/C29H34FNO2.C22H28FNO2.C22H28FNO.C21H29NO3.4CH4/c30-26-8-6-23(7-9-26)29(24-13-21-12-22(15-24)16-25(29)14-21)17-28(32)31-11-10-27(18-31)33-19-20-4-2-1-3-5-20;23-19-3-1-16(2-4-19)22(12-21(26)24-6-5-20(25)13-24)17-8-14-7-15(10-17)11-18(22)9-14;23-20-5-3-17(4-6-20)22(14-21(25)24-7-1-2-8-24)18-10-15-9-16(12-18)13-19(22)11-15;1-25-19-10-16-8-5-9-17(11-19)21(16,15-6-3-2-4-7-15)12-20(24)22-13-18(23)14-22;;;;/h1-9,21-22,24-25,27H,10-19H2;1-4,14-15,17-18,20,25H,5-13H2;3-6,15-16,18-19H,1-2,7-14H2;2-4,6-7,16-19,23H,5,8-14H2,1H3;4*1H4/t;14?,15?,17?,18?,20-,22?;;16-,17+,19?,21?;;;;/m.0....../s1. The number of halogens is 3. The molecule has 2 N–H and O–H groups in total. The summed E-state index contributed by atoms with van der Waals surface area (Å²) in [5.41, 5.74) is 5.73. The molecular weight excluding hydrogens is 1420 g/mol. The van der Waals surface area contributed by atoms with Crippen molar-refractivity contribution in [2.75, 3.05) is 59.5 Å². The van der Waals surface area contributed by atoms with Gasteiger partial charge in [0.25, 0.3) is 0 Å². The lowest BCUT2D eigenvalue weighted by molar-refractivity contribution is -0.147. The number of carbonyl (C=O) groups excluding carboxylic acids is 4. The lowest BCUT2D eigenvalue weighted by Gasteiger charge is -2.61. The molecule has 12 nitrogen and oxygen atoms in total. The van der Waals surface area contributed by atoms with Gasteiger partial charge < -0.3 is 39.3 Å². The van der Waals surface area contributed by atoms with Gasteiger partial charge in [0, 0.05) is 107 Å². The third-order valence-electron chi connectivity index (χ3n) is 32.0. The number of ether oxygens (including phenoxy) is 2. The predicted octanol–water partition coefficient (Wildman–Crippen LogP) is 19.0. The summed E-state index contributed by atoms with van der Waals surface area (Å²) in [5, 5.41) is 19.4. The van der Waals surface area contributed by atoms with E-state index in [0.29, 0.717) is 131 Å². The van der Waals surface area contributed by atoms with Gasteiger partial charge in [0.05, 0.1) is 31.0 Å². The number of benzene rings is 5. The van der Waals surface area contributed by atoms with Crippen LogP contribution in [-0.2, 0) is 56.9 Å². The van der Waals surface area contributed by atoms with E-state index in [0.717, 1.165) is 87.2 Å². The van der Waals surface area contributed by atoms with Gasteiger partial charge in [-0.1, -0.05) is 133 Å². The van der Waals surface area contributed by atoms with Crippen molar-refractivity contribution in [3.8, 4) is 0 Å². The average molecular weight is 1550 g/mol. The third-order valence-corrected chi connectivity index (χ3v) is 32.0. The molecule has 0 spiro atoms. The van der Waals surface area contributed by atoms with Gasteiger partial charge >= 0.3 is 0 Å². The van der Waals surface area contributed by atoms with Crippen molar-refractivity contribution in [1.29, 1.82) is 0 Å². The molecule has 3 unspecified atom stereocenters. The topological polar surface area (TPSA) is 140 Å². The number of rotatable bonds is 16. The molecule has 6 atom stereocenters. The van der Waals surface area contributed by atoms with Crippen molar-refractivity contribution in [3.05, 3.63) is 179 Å². The van der Waals surface area contributed by atoms with Crippen LogP contribution < -0.4 is 0 Å². The SMILES string of the molecule is C.C.C.C.COC1C[C@H]2CCC[C@@H](C1)C2(CC(=O)N1CC(O)C1)c1ccccc1.O=C(CC1(c2ccc(F)cc2)C2CC3CC(C2)CC1C3)N1CCC(OCc2ccccc2)C1.O=C(CC1(c2ccc(F)cc2)C2CC3CC(C2)CC1C3)N1CCCC1.O=C(CC1(c2ccc(F)cc2)C2CC3CC(C2)CC1C3)N1CC[C@H](O)C1. The highest BCUT2D eigenvalue weighted by molar-refractivity contribution is 5.81. The van der Waals surface area contributed by atoms with Gasteiger partial charge in [0.15, 0.2) is 0 Å². The highest BCUT2D eigenvalue weighted by atomic mass is 19.1. The third kappa shape index (κ3) is 16.6. The lowest BCUT2D eigenvalue weighted by atomic mass is 9.43. The van der Waals surface area contributed by atoms with Crippen LogP contribution in [0.4, 0.5) is 13.2 Å². The van der Waals surface area contributed by atoms with Crippen molar-refractivity contribution in [2.24, 2.45) is 82.9 Å². The van der Waals surface area contributed by atoms with E-state index in [4.69, 9.17) is 9.47 Å². The van der Waals surface area contributed by atoms with Crippen LogP contribution in [0.3, 0.4) is 0 Å². The molecule has 23 rings (SSSR count). The van der Waals surface area contributed by atoms with E-state index in [-0.39, 0.29) is 105 Å². The van der Waals surface area contributed by atoms with Gasteiger partial charge in [-0.3, -0.25) is 19.2 Å². The fourth-order valence-electron chi connectivity index (χ4n) is 27.5. The summed E-state index contributed by atoms with van der Waals surface area (Å²) in [6.07, 6.45) is 30.8. The molecule has 4 aliphatic heterocycles. The minimum absolute atomic E-state index is 0. The molecule has 14 aliphatic carbocycles. The van der Waals surface area contributed by atoms with Crippen LogP contribution in [-0.4, -0.2) is 137 Å². The first-order valence-corrected chi connectivity index (χ1v) is 42.9. The number of hydrogen-bond acceptors (Lipinski definition) is 8. The van der Waals surface area contributed by atoms with Crippen molar-refractivity contribution < 1.29 is 52.0 Å². The van der Waals surface area contributed by atoms with Gasteiger partial charge in [-0.15, -0.1) is 0 Å². The Hall–Kier alpha value is -6.39. The number of aliphatic hydroxyl groups is 2. The number of fused-ring (bicyclic) bond motifs is 2. The van der Waals surface area contributed by atoms with E-state index in [2.05, 4.69) is 47.4 Å². The Bertz CT molecular complexity index is 3880. The highest BCUT2D eigenvalue weighted by Gasteiger charge is 2.63. The summed E-state index contributed by atoms with van der Waals surface area (Å²) in [7, 11) is 1.82. The summed E-state index contributed by atoms with van der Waals surface area (Å²) in [6, 6.07) is 42.2. The highest BCUT2D eigenvalue weighted by Crippen LogP contribution is 2.68. The first kappa shape index (κ1) is 84.5. The second-order valence-corrected chi connectivity index (χ2v) is 37.7. The molecule has 113 heavy (non-hydrogen) atoms. The van der Waals surface area contributed by atoms with Gasteiger partial charge in [0.2, 0.25) is 23.6 Å². The number of methoxy groups -OCH3 is 1. The lowest BCUT2D eigenvalue weighted by Crippen LogP contribution is -2.58. The zero-order valence-corrected chi connectivity index (χ0v) is 64.5. The summed E-state index contributed by atoms with van der Waals surface area (Å²) in [6.45, 7) is 6.06. The minimum Gasteiger partial charge on any atom is -0.391 e. The molecule has 4 saturated heterocycles. The molecule has 15 heteroatoms. The molecule has 14 saturated carbocycles. The van der Waals surface area contributed by atoms with Crippen LogP contribution in [0.15, 0.2) is 133 Å². The van der Waals surface area contributed by atoms with E-state index < -0.39 is 0 Å². The Balaban J connectivity index is 0.000000131. The fraction of sp³-hybridized carbons (Fsp3) is 0.653. The molecule has 14 bridgehead atoms. The molecule has 5 aromatic rings. The van der Waals surface area contributed by atoms with Crippen molar-refractivity contribution >= 4 is 23.6 Å². The molecule has 0 radical (unpaired) electrons. The number of hydrogen-bond donors (Lipinski definition) is 2. The molecule has 4 amide bonds. The van der Waals surface area contributed by atoms with Crippen molar-refractivity contribution in [2.45, 2.75) is 262 Å². The Morgan fingerprint density at radius 3 is 1.04 bits per heavy atom. The van der Waals surface area contributed by atoms with E-state index >= 15 is 0 Å². The van der Waals surface area contributed by atoms with Crippen molar-refractivity contribution in [3.63, 3.8) is 0 Å². The van der Waals surface area contributed by atoms with E-state index in [1.165, 1.54) is 143 Å². The quantitative estimate of drug-likeness (QED) is 0.0995. The summed E-state index contributed by atoms with van der Waals surface area (Å²) in [4.78, 5) is 60.8. The van der Waals surface area contributed by atoms with E-state index in [9.17, 15) is 42.6 Å². The predicted molar refractivity (Wildman–Crippen MR) is 442 cm³/mol. The van der Waals surface area contributed by atoms with Gasteiger partial charge in [-0.25, -0.2) is 13.2 Å². The monoisotopic (exact) mass is 1550 g/mol. The number of aliphatic hydroxyl groups excluding tert-OH is 2. The first-order valence-electron chi connectivity index (χ1n) is 42.9. The van der Waals surface area contributed by atoms with Crippen LogP contribution in [0, 0.1) is 100 Å². The van der Waals surface area contributed by atoms with Crippen LogP contribution in [0.25, 0.3) is 0 Å². The first-order chi connectivity index (χ1) is 52.9. The summed E-state index contributed by atoms with van der Waals surface area (Å²) in [5.74, 6) is 9.90. The molecular formula is C98H135F3N4O8. The molecule has 4 heterocycles. The van der Waals surface area contributed by atoms with Gasteiger partial charge in [0.1, 0.15) is 17.5 Å². The smallest absolute Gasteiger partial charge is 0.223 e. The fourth-order valence-corrected chi connectivity index (χ4v) is 27.5. The second kappa shape index (κ2) is 35.4. The summed E-state index contributed by atoms with van der Waals surface area (Å²) < 4.78 is 52.8. The van der Waals surface area contributed by atoms with Gasteiger partial charge in [-0.2, -0.15) is 0 Å². The number of carbonyl (C=O) groups is 4. The molecule has 5 aromatic carbocycles. The Kier molecular flexibility index (Phi) is 26.5. The average Bonchev–Trinajstić information content (AvgIpc) is 1.20. The number of likely N-dealkylation sites (tertiary alicyclic amines) is 4. The number of amides is 4. The van der Waals surface area contributed by atoms with Crippen LogP contribution >= 0.6 is 0 Å². The molecule has 18 aliphatic rings. The Labute approximate surface area is 674 Å². The molecule has 18 fully saturated rings. The molecule has 0 aromatic heterocycles. The van der Waals surface area contributed by atoms with Crippen LogP contribution in [0.5, 0.6) is 0 Å². The normalized spacial score (nSPS) is 36.0. The zero-order chi connectivity index (χ0) is 74.8. The minimum atomic E-state index is -0.376. The van der Waals surface area contributed by atoms with E-state index in [1.54, 1.807) is 36.4 Å². The maximum atomic E-state index is 13.8.